The molecule has 0 atom stereocenters. The van der Waals surface area contributed by atoms with Crippen molar-refractivity contribution in [3.63, 3.8) is 0 Å². The fourth-order valence-corrected chi connectivity index (χ4v) is 11.7. The minimum atomic E-state index is 0.724. The van der Waals surface area contributed by atoms with Gasteiger partial charge < -0.3 is 0 Å². The van der Waals surface area contributed by atoms with E-state index >= 15 is 0 Å². The fraction of sp³-hybridized carbons (Fsp3) is 1.00. The summed E-state index contributed by atoms with van der Waals surface area (Å²) in [5.74, 6) is 2.55. The van der Waals surface area contributed by atoms with Crippen LogP contribution in [0.1, 0.15) is 0 Å². The molecule has 0 saturated carbocycles. The third-order valence-electron chi connectivity index (χ3n) is 1.90. The average molecular weight is 336 g/mol. The van der Waals surface area contributed by atoms with Crippen LogP contribution in [0.2, 0.25) is 0 Å². The topological polar surface area (TPSA) is 0 Å². The maximum absolute atomic E-state index is 1.70. The van der Waals surface area contributed by atoms with E-state index in [9.17, 15) is 0 Å². The number of alkyl halides is 4. The Labute approximate surface area is 71.3 Å². The van der Waals surface area contributed by atoms with Gasteiger partial charge in [-0.3, -0.25) is 0 Å². The van der Waals surface area contributed by atoms with Gasteiger partial charge in [0, 0.05) is 0 Å². The van der Waals surface area contributed by atoms with E-state index < -0.39 is 0 Å². The zero-order valence-electron chi connectivity index (χ0n) is 4.74. The van der Waals surface area contributed by atoms with Gasteiger partial charge >= 0.3 is 72.0 Å². The van der Waals surface area contributed by atoms with Crippen LogP contribution >= 0.6 is 0 Å². The predicted octanol–water partition coefficient (Wildman–Crippen LogP) is -5.58. The summed E-state index contributed by atoms with van der Waals surface area (Å²) in [7, 11) is 0. The summed E-state index contributed by atoms with van der Waals surface area (Å²) < 4.78 is 6.79. The van der Waals surface area contributed by atoms with Crippen LogP contribution < -0.4 is 42.4 Å². The monoisotopic (exact) mass is 336 g/mol. The molecule has 0 amide bonds. The average Bonchev–Trinajstić information content (AvgIpc) is 2.15. The summed E-state index contributed by atoms with van der Waals surface area (Å²) in [6.07, 6.45) is 0. The summed E-state index contributed by atoms with van der Waals surface area (Å²) >= 11 is 1.45. The first-order valence-corrected chi connectivity index (χ1v) is 9.14. The molecule has 0 nitrogen and oxygen atoms in total. The summed E-state index contributed by atoms with van der Waals surface area (Å²) in [4.78, 5) is 0. The molecule has 50 valence electrons. The molecule has 0 radical (unpaired) electrons. The number of halogens is 2. The van der Waals surface area contributed by atoms with Crippen LogP contribution in [0.3, 0.4) is 0 Å². The molecular weight excluding hydrogens is 326 g/mol. The molecule has 0 bridgehead atoms. The van der Waals surface area contributed by atoms with Crippen molar-refractivity contribution in [2.75, 3.05) is 17.7 Å². The van der Waals surface area contributed by atoms with Gasteiger partial charge in [-0.25, -0.2) is 0 Å². The molecule has 0 unspecified atom stereocenters. The van der Waals surface area contributed by atoms with Crippen LogP contribution in [0.5, 0.6) is 0 Å². The van der Waals surface area contributed by atoms with Crippen molar-refractivity contribution in [3.8, 4) is 0 Å². The molecule has 0 aromatic carbocycles. The molecule has 2 aliphatic heterocycles. The first-order valence-electron chi connectivity index (χ1n) is 3.04. The Morgan fingerprint density at radius 2 is 1.12 bits per heavy atom. The molecule has 2 saturated heterocycles. The van der Waals surface area contributed by atoms with E-state index in [4.69, 9.17) is 0 Å². The third kappa shape index (κ3) is 1.02. The molecule has 0 spiro atoms. The van der Waals surface area contributed by atoms with Crippen LogP contribution in [-0.4, -0.2) is 17.7 Å². The van der Waals surface area contributed by atoms with Crippen LogP contribution in [0, 0.1) is 11.8 Å². The maximum atomic E-state index is 1.70. The third-order valence-corrected chi connectivity index (χ3v) is 8.91. The van der Waals surface area contributed by atoms with Gasteiger partial charge in [0.05, 0.1) is 0 Å². The summed E-state index contributed by atoms with van der Waals surface area (Å²) in [5, 5.41) is 0. The first-order chi connectivity index (χ1) is 3.97. The molecule has 8 heavy (non-hydrogen) atoms. The standard InChI is InChI=1S/C6H10I2/c1-5-2-8-4-6(5)3-7-1/h5-6H,1-4H2/q-2. The fourth-order valence-electron chi connectivity index (χ4n) is 1.27. The number of fused-ring (bicyclic) bond motifs is 1. The number of hydrogen-bond donors (Lipinski definition) is 0. The quantitative estimate of drug-likeness (QED) is 0.306. The van der Waals surface area contributed by atoms with Crippen molar-refractivity contribution in [1.82, 2.24) is 0 Å². The molecule has 0 aromatic rings. The molecule has 2 heterocycles. The molecule has 0 aliphatic carbocycles. The summed E-state index contributed by atoms with van der Waals surface area (Å²) in [5.41, 5.74) is 0. The Balaban J connectivity index is 2.04. The van der Waals surface area contributed by atoms with Crippen molar-refractivity contribution in [2.24, 2.45) is 11.8 Å². The van der Waals surface area contributed by atoms with Gasteiger partial charge in [0.15, 0.2) is 0 Å². The zero-order chi connectivity index (χ0) is 5.40. The summed E-state index contributed by atoms with van der Waals surface area (Å²) in [6, 6.07) is 0. The molecule has 2 aliphatic rings. The predicted molar refractivity (Wildman–Crippen MR) is 26.4 cm³/mol. The Morgan fingerprint density at radius 3 is 1.50 bits per heavy atom. The van der Waals surface area contributed by atoms with Crippen molar-refractivity contribution >= 4 is 0 Å². The Bertz CT molecular complexity index is 72.5. The Hall–Kier alpha value is 1.46. The molecule has 0 aromatic heterocycles. The van der Waals surface area contributed by atoms with E-state index in [2.05, 4.69) is 0 Å². The summed E-state index contributed by atoms with van der Waals surface area (Å²) in [6.45, 7) is 0. The second-order valence-corrected chi connectivity index (χ2v) is 8.20. The van der Waals surface area contributed by atoms with Crippen LogP contribution in [0.25, 0.3) is 0 Å². The van der Waals surface area contributed by atoms with E-state index in [1.165, 1.54) is 11.8 Å². The molecule has 2 rings (SSSR count). The van der Waals surface area contributed by atoms with Gasteiger partial charge in [-0.1, -0.05) is 0 Å². The van der Waals surface area contributed by atoms with Crippen LogP contribution in [-0.2, 0) is 0 Å². The SMILES string of the molecule is C1[I-]CC2C[I-]CC12. The van der Waals surface area contributed by atoms with Gasteiger partial charge in [-0.2, -0.15) is 0 Å². The second kappa shape index (κ2) is 2.60. The van der Waals surface area contributed by atoms with Crippen LogP contribution in [0.15, 0.2) is 0 Å². The first kappa shape index (κ1) is 6.19. The van der Waals surface area contributed by atoms with Crippen molar-refractivity contribution in [2.45, 2.75) is 0 Å². The van der Waals surface area contributed by atoms with Gasteiger partial charge in [-0.15, -0.1) is 0 Å². The van der Waals surface area contributed by atoms with Gasteiger partial charge in [-0.05, 0) is 0 Å². The molecule has 2 fully saturated rings. The molecule has 0 N–H and O–H groups in total. The Kier molecular flexibility index (Phi) is 2.01. The van der Waals surface area contributed by atoms with E-state index in [1.807, 2.05) is 0 Å². The zero-order valence-corrected chi connectivity index (χ0v) is 9.05. The van der Waals surface area contributed by atoms with Crippen molar-refractivity contribution in [1.29, 1.82) is 0 Å². The van der Waals surface area contributed by atoms with Crippen molar-refractivity contribution < 1.29 is 42.4 Å². The van der Waals surface area contributed by atoms with E-state index in [0.29, 0.717) is 0 Å². The number of hydrogen-bond acceptors (Lipinski definition) is 0. The number of rotatable bonds is 0. The van der Waals surface area contributed by atoms with E-state index in [-0.39, 0.29) is 0 Å². The van der Waals surface area contributed by atoms with Crippen LogP contribution in [0.4, 0.5) is 0 Å². The second-order valence-electron chi connectivity index (χ2n) is 2.52. The normalized spacial score (nSPS) is 47.0. The van der Waals surface area contributed by atoms with Gasteiger partial charge in [0.25, 0.3) is 0 Å². The van der Waals surface area contributed by atoms with Crippen molar-refractivity contribution in [3.05, 3.63) is 0 Å². The van der Waals surface area contributed by atoms with Gasteiger partial charge in [0.1, 0.15) is 0 Å². The molecule has 2 heteroatoms. The molecular formula is C6H10I2-2. The van der Waals surface area contributed by atoms with E-state index in [0.717, 1.165) is 42.4 Å². The van der Waals surface area contributed by atoms with Gasteiger partial charge in [0.2, 0.25) is 0 Å². The minimum absolute atomic E-state index is 0.724. The Morgan fingerprint density at radius 1 is 0.750 bits per heavy atom. The van der Waals surface area contributed by atoms with E-state index in [1.54, 1.807) is 17.7 Å².